The van der Waals surface area contributed by atoms with Crippen LogP contribution in [0.4, 0.5) is 0 Å². The second-order valence-electron chi connectivity index (χ2n) is 5.50. The first-order valence-corrected chi connectivity index (χ1v) is 7.61. The smallest absolute Gasteiger partial charge is 0.0361 e. The second-order valence-corrected chi connectivity index (χ2v) is 5.50. The van der Waals surface area contributed by atoms with Crippen LogP contribution in [0.5, 0.6) is 0 Å². The first-order valence-electron chi connectivity index (χ1n) is 7.61. The van der Waals surface area contributed by atoms with E-state index in [1.807, 2.05) is 0 Å². The van der Waals surface area contributed by atoms with E-state index >= 15 is 0 Å². The third-order valence-corrected chi connectivity index (χ3v) is 3.37. The minimum atomic E-state index is 0.558. The molecule has 1 aromatic heterocycles. The number of hydrogen-bond donors (Lipinski definition) is 1. The first-order chi connectivity index (χ1) is 8.74. The molecular weight excluding hydrogens is 220 g/mol. The molecule has 0 bridgehead atoms. The number of hydrogen-bond acceptors (Lipinski definition) is 1. The lowest BCUT2D eigenvalue weighted by Crippen LogP contribution is -2.23. The van der Waals surface area contributed by atoms with E-state index in [9.17, 15) is 0 Å². The van der Waals surface area contributed by atoms with Gasteiger partial charge in [0, 0.05) is 31.0 Å². The van der Waals surface area contributed by atoms with Crippen LogP contribution in [0.3, 0.4) is 0 Å². The van der Waals surface area contributed by atoms with E-state index in [4.69, 9.17) is 0 Å². The van der Waals surface area contributed by atoms with Crippen LogP contribution in [0, 0.1) is 0 Å². The molecule has 0 amide bonds. The monoisotopic (exact) mass is 250 g/mol. The van der Waals surface area contributed by atoms with Crippen LogP contribution < -0.4 is 5.32 Å². The SMILES string of the molecule is CCCCCCCCn1cccc1CNC(C)C. The average molecular weight is 250 g/mol. The van der Waals surface area contributed by atoms with Gasteiger partial charge in [-0.05, 0) is 18.6 Å². The highest BCUT2D eigenvalue weighted by Gasteiger charge is 2.01. The molecule has 1 aromatic rings. The normalized spacial score (nSPS) is 11.3. The molecule has 0 saturated heterocycles. The van der Waals surface area contributed by atoms with Gasteiger partial charge in [-0.15, -0.1) is 0 Å². The summed E-state index contributed by atoms with van der Waals surface area (Å²) >= 11 is 0. The van der Waals surface area contributed by atoms with E-state index in [1.165, 1.54) is 50.8 Å². The van der Waals surface area contributed by atoms with Gasteiger partial charge < -0.3 is 9.88 Å². The molecule has 1 rings (SSSR count). The van der Waals surface area contributed by atoms with E-state index in [2.05, 4.69) is 49.0 Å². The molecule has 0 aromatic carbocycles. The summed E-state index contributed by atoms with van der Waals surface area (Å²) in [6.45, 7) is 8.82. The van der Waals surface area contributed by atoms with Crippen LogP contribution in [0.15, 0.2) is 18.3 Å². The third-order valence-electron chi connectivity index (χ3n) is 3.37. The van der Waals surface area contributed by atoms with Crippen LogP contribution in [-0.4, -0.2) is 10.6 Å². The maximum Gasteiger partial charge on any atom is 0.0361 e. The van der Waals surface area contributed by atoms with E-state index in [0.717, 1.165) is 6.54 Å². The van der Waals surface area contributed by atoms with Crippen molar-refractivity contribution in [1.29, 1.82) is 0 Å². The fraction of sp³-hybridized carbons (Fsp3) is 0.750. The molecule has 0 aliphatic rings. The Morgan fingerprint density at radius 1 is 1.11 bits per heavy atom. The van der Waals surface area contributed by atoms with Crippen molar-refractivity contribution in [3.8, 4) is 0 Å². The molecule has 0 aliphatic heterocycles. The fourth-order valence-corrected chi connectivity index (χ4v) is 2.20. The number of unbranched alkanes of at least 4 members (excludes halogenated alkanes) is 5. The van der Waals surface area contributed by atoms with Gasteiger partial charge in [-0.3, -0.25) is 0 Å². The molecule has 0 saturated carbocycles. The average Bonchev–Trinajstić information content (AvgIpc) is 2.78. The lowest BCUT2D eigenvalue weighted by molar-refractivity contribution is 0.524. The van der Waals surface area contributed by atoms with Crippen molar-refractivity contribution in [3.05, 3.63) is 24.0 Å². The van der Waals surface area contributed by atoms with Crippen LogP contribution in [0.2, 0.25) is 0 Å². The Labute approximate surface area is 113 Å². The van der Waals surface area contributed by atoms with Gasteiger partial charge in [0.1, 0.15) is 0 Å². The molecule has 0 radical (unpaired) electrons. The van der Waals surface area contributed by atoms with Gasteiger partial charge >= 0.3 is 0 Å². The van der Waals surface area contributed by atoms with Gasteiger partial charge in [0.05, 0.1) is 0 Å². The maximum absolute atomic E-state index is 3.49. The standard InChI is InChI=1S/C16H30N2/c1-4-5-6-7-8-9-12-18-13-10-11-16(18)14-17-15(2)3/h10-11,13,15,17H,4-9,12,14H2,1-3H3. The highest BCUT2D eigenvalue weighted by molar-refractivity contribution is 5.06. The highest BCUT2D eigenvalue weighted by atomic mass is 15.0. The van der Waals surface area contributed by atoms with Crippen LogP contribution in [0.25, 0.3) is 0 Å². The van der Waals surface area contributed by atoms with E-state index < -0.39 is 0 Å². The number of nitrogens with one attached hydrogen (secondary N) is 1. The van der Waals surface area contributed by atoms with Gasteiger partial charge in [0.15, 0.2) is 0 Å². The molecule has 1 N–H and O–H groups in total. The summed E-state index contributed by atoms with van der Waals surface area (Å²) in [6, 6.07) is 4.95. The Hall–Kier alpha value is -0.760. The van der Waals surface area contributed by atoms with E-state index in [1.54, 1.807) is 0 Å². The van der Waals surface area contributed by atoms with E-state index in [0.29, 0.717) is 6.04 Å². The zero-order chi connectivity index (χ0) is 13.2. The maximum atomic E-state index is 3.49. The van der Waals surface area contributed by atoms with Gasteiger partial charge in [0.25, 0.3) is 0 Å². The molecule has 0 spiro atoms. The molecule has 2 nitrogen and oxygen atoms in total. The Bertz CT molecular complexity index is 302. The van der Waals surface area contributed by atoms with E-state index in [-0.39, 0.29) is 0 Å². The summed E-state index contributed by atoms with van der Waals surface area (Å²) in [5, 5.41) is 3.49. The predicted octanol–water partition coefficient (Wildman–Crippen LogP) is 4.35. The summed E-state index contributed by atoms with van der Waals surface area (Å²) in [7, 11) is 0. The van der Waals surface area contributed by atoms with Crippen molar-refractivity contribution in [1.82, 2.24) is 9.88 Å². The van der Waals surface area contributed by atoms with Crippen molar-refractivity contribution >= 4 is 0 Å². The number of aromatic nitrogens is 1. The van der Waals surface area contributed by atoms with Crippen molar-refractivity contribution in [3.63, 3.8) is 0 Å². The van der Waals surface area contributed by atoms with Crippen molar-refractivity contribution in [2.24, 2.45) is 0 Å². The molecule has 1 heterocycles. The Morgan fingerprint density at radius 3 is 2.56 bits per heavy atom. The van der Waals surface area contributed by atoms with Gasteiger partial charge in [-0.1, -0.05) is 52.9 Å². The molecule has 0 atom stereocenters. The zero-order valence-electron chi connectivity index (χ0n) is 12.4. The molecule has 18 heavy (non-hydrogen) atoms. The Morgan fingerprint density at radius 2 is 1.83 bits per heavy atom. The summed E-state index contributed by atoms with van der Waals surface area (Å²) in [6.07, 6.45) is 10.4. The molecule has 104 valence electrons. The Kier molecular flexibility index (Phi) is 7.83. The molecule has 0 fully saturated rings. The van der Waals surface area contributed by atoms with Crippen LogP contribution in [-0.2, 0) is 13.1 Å². The van der Waals surface area contributed by atoms with Crippen molar-refractivity contribution in [2.75, 3.05) is 0 Å². The summed E-state index contributed by atoms with van der Waals surface area (Å²) in [4.78, 5) is 0. The number of aryl methyl sites for hydroxylation is 1. The summed E-state index contributed by atoms with van der Waals surface area (Å²) in [5.74, 6) is 0. The summed E-state index contributed by atoms with van der Waals surface area (Å²) < 4.78 is 2.40. The summed E-state index contributed by atoms with van der Waals surface area (Å²) in [5.41, 5.74) is 1.41. The topological polar surface area (TPSA) is 17.0 Å². The molecule has 0 aliphatic carbocycles. The molecule has 2 heteroatoms. The molecular formula is C16H30N2. The minimum Gasteiger partial charge on any atom is -0.350 e. The number of nitrogens with zero attached hydrogens (tertiary/aromatic N) is 1. The third kappa shape index (κ3) is 6.25. The number of rotatable bonds is 10. The quantitative estimate of drug-likeness (QED) is 0.611. The van der Waals surface area contributed by atoms with Gasteiger partial charge in [-0.2, -0.15) is 0 Å². The van der Waals surface area contributed by atoms with Crippen molar-refractivity contribution in [2.45, 2.75) is 78.4 Å². The highest BCUT2D eigenvalue weighted by Crippen LogP contribution is 2.09. The molecule has 0 unspecified atom stereocenters. The predicted molar refractivity (Wildman–Crippen MR) is 79.8 cm³/mol. The Balaban J connectivity index is 2.19. The fourth-order valence-electron chi connectivity index (χ4n) is 2.20. The second kappa shape index (κ2) is 9.21. The first kappa shape index (κ1) is 15.3. The lowest BCUT2D eigenvalue weighted by Gasteiger charge is -2.12. The zero-order valence-corrected chi connectivity index (χ0v) is 12.4. The van der Waals surface area contributed by atoms with Gasteiger partial charge in [-0.25, -0.2) is 0 Å². The minimum absolute atomic E-state index is 0.558. The van der Waals surface area contributed by atoms with Crippen LogP contribution >= 0.6 is 0 Å². The largest absolute Gasteiger partial charge is 0.350 e. The lowest BCUT2D eigenvalue weighted by atomic mass is 10.1. The van der Waals surface area contributed by atoms with Gasteiger partial charge in [0.2, 0.25) is 0 Å². The van der Waals surface area contributed by atoms with Crippen molar-refractivity contribution < 1.29 is 0 Å². The van der Waals surface area contributed by atoms with Crippen LogP contribution in [0.1, 0.15) is 65.0 Å².